The van der Waals surface area contributed by atoms with Gasteiger partial charge in [-0.05, 0) is 39.8 Å². The Bertz CT molecular complexity index is 694. The minimum Gasteiger partial charge on any atom is -0.347 e. The van der Waals surface area contributed by atoms with E-state index < -0.39 is 0 Å². The van der Waals surface area contributed by atoms with Crippen LogP contribution in [0.25, 0.3) is 11.4 Å². The van der Waals surface area contributed by atoms with Gasteiger partial charge in [-0.3, -0.25) is 4.79 Å². The first kappa shape index (κ1) is 18.6. The fourth-order valence-corrected chi connectivity index (χ4v) is 2.69. The lowest BCUT2D eigenvalue weighted by molar-refractivity contribution is -0.905. The number of halogens is 1. The highest BCUT2D eigenvalue weighted by Crippen LogP contribution is 2.20. The van der Waals surface area contributed by atoms with E-state index in [0.29, 0.717) is 24.8 Å². The molecule has 1 aromatic heterocycles. The van der Waals surface area contributed by atoms with Crippen molar-refractivity contribution in [2.75, 3.05) is 13.1 Å². The maximum absolute atomic E-state index is 12.1. The van der Waals surface area contributed by atoms with Gasteiger partial charge >= 0.3 is 0 Å². The zero-order chi connectivity index (χ0) is 17.7. The molecule has 6 nitrogen and oxygen atoms in total. The van der Waals surface area contributed by atoms with Gasteiger partial charge in [0, 0.05) is 15.6 Å². The number of likely N-dealkylation sites (N-methyl/N-ethyl adjacent to an activating group) is 1. The van der Waals surface area contributed by atoms with E-state index in [0.717, 1.165) is 21.5 Å². The van der Waals surface area contributed by atoms with Crippen LogP contribution in [-0.4, -0.2) is 34.7 Å². The van der Waals surface area contributed by atoms with Crippen molar-refractivity contribution in [2.24, 2.45) is 0 Å². The molecule has 130 valence electrons. The van der Waals surface area contributed by atoms with E-state index in [-0.39, 0.29) is 11.4 Å². The zero-order valence-electron chi connectivity index (χ0n) is 14.5. The van der Waals surface area contributed by atoms with Gasteiger partial charge < -0.3 is 14.7 Å². The van der Waals surface area contributed by atoms with Crippen LogP contribution in [0.2, 0.25) is 0 Å². The van der Waals surface area contributed by atoms with Gasteiger partial charge in [-0.1, -0.05) is 33.2 Å². The summed E-state index contributed by atoms with van der Waals surface area (Å²) in [6, 6.07) is 7.74. The molecule has 1 aromatic carbocycles. The molecule has 0 spiro atoms. The van der Waals surface area contributed by atoms with E-state index in [1.165, 1.54) is 0 Å². The standard InChI is InChI=1S/C17H23BrN4O2/c1-5-22(10-14(23)20-17(2,3)4)11-15-19-16(21-24-15)12-7-6-8-13(18)9-12/h6-9H,5,10-11H2,1-4H3,(H,20,23)/p+1. The van der Waals surface area contributed by atoms with Crippen molar-refractivity contribution in [3.63, 3.8) is 0 Å². The SMILES string of the molecule is CC[NH+](CC(=O)NC(C)(C)C)Cc1nc(-c2cccc(Br)c2)no1. The summed E-state index contributed by atoms with van der Waals surface area (Å²) in [4.78, 5) is 17.6. The molecule has 1 atom stereocenters. The highest BCUT2D eigenvalue weighted by atomic mass is 79.9. The largest absolute Gasteiger partial charge is 0.347 e. The van der Waals surface area contributed by atoms with Crippen LogP contribution >= 0.6 is 15.9 Å². The van der Waals surface area contributed by atoms with Crippen LogP contribution in [0.15, 0.2) is 33.3 Å². The fourth-order valence-electron chi connectivity index (χ4n) is 2.29. The maximum Gasteiger partial charge on any atom is 0.282 e. The molecular weight excluding hydrogens is 372 g/mol. The van der Waals surface area contributed by atoms with Crippen molar-refractivity contribution >= 4 is 21.8 Å². The minimum absolute atomic E-state index is 0.0195. The first-order chi connectivity index (χ1) is 11.3. The minimum atomic E-state index is -0.228. The molecule has 2 rings (SSSR count). The molecule has 7 heteroatoms. The molecule has 1 amide bonds. The monoisotopic (exact) mass is 395 g/mol. The van der Waals surface area contributed by atoms with Gasteiger partial charge in [-0.15, -0.1) is 0 Å². The highest BCUT2D eigenvalue weighted by molar-refractivity contribution is 9.10. The van der Waals surface area contributed by atoms with Crippen molar-refractivity contribution in [2.45, 2.75) is 39.8 Å². The molecule has 1 unspecified atom stereocenters. The molecule has 2 N–H and O–H groups in total. The number of carbonyl (C=O) groups excluding carboxylic acids is 1. The Hall–Kier alpha value is -1.73. The molecule has 2 aromatic rings. The average Bonchev–Trinajstić information content (AvgIpc) is 2.93. The van der Waals surface area contributed by atoms with Gasteiger partial charge in [0.05, 0.1) is 6.54 Å². The van der Waals surface area contributed by atoms with Gasteiger partial charge in [0.15, 0.2) is 13.1 Å². The number of hydrogen-bond acceptors (Lipinski definition) is 4. The molecule has 0 saturated heterocycles. The Morgan fingerprint density at radius 3 is 2.75 bits per heavy atom. The molecule has 0 aliphatic rings. The fraction of sp³-hybridized carbons (Fsp3) is 0.471. The van der Waals surface area contributed by atoms with Crippen molar-refractivity contribution in [1.82, 2.24) is 15.5 Å². The van der Waals surface area contributed by atoms with Crippen LogP contribution in [-0.2, 0) is 11.3 Å². The van der Waals surface area contributed by atoms with Crippen LogP contribution < -0.4 is 10.2 Å². The quantitative estimate of drug-likeness (QED) is 0.782. The highest BCUT2D eigenvalue weighted by Gasteiger charge is 2.20. The van der Waals surface area contributed by atoms with E-state index in [4.69, 9.17) is 4.52 Å². The molecule has 1 heterocycles. The number of nitrogens with zero attached hydrogens (tertiary/aromatic N) is 2. The normalized spacial score (nSPS) is 12.9. The summed E-state index contributed by atoms with van der Waals surface area (Å²) in [6.45, 7) is 9.64. The topological polar surface area (TPSA) is 72.5 Å². The Morgan fingerprint density at radius 2 is 2.12 bits per heavy atom. The molecule has 0 bridgehead atoms. The summed E-state index contributed by atoms with van der Waals surface area (Å²) in [6.07, 6.45) is 0. The van der Waals surface area contributed by atoms with Crippen LogP contribution in [0.3, 0.4) is 0 Å². The summed E-state index contributed by atoms with van der Waals surface area (Å²) in [5.41, 5.74) is 0.664. The molecule has 0 radical (unpaired) electrons. The number of rotatable bonds is 6. The van der Waals surface area contributed by atoms with Gasteiger partial charge in [0.1, 0.15) is 0 Å². The molecule has 0 aliphatic carbocycles. The summed E-state index contributed by atoms with van der Waals surface area (Å²) in [5.74, 6) is 1.11. The first-order valence-electron chi connectivity index (χ1n) is 8.00. The smallest absolute Gasteiger partial charge is 0.282 e. The summed E-state index contributed by atoms with van der Waals surface area (Å²) in [5, 5.41) is 7.01. The van der Waals surface area contributed by atoms with E-state index in [9.17, 15) is 4.79 Å². The second-order valence-electron chi connectivity index (χ2n) is 6.78. The molecular formula is C17H24BrN4O2+. The Labute approximate surface area is 150 Å². The van der Waals surface area contributed by atoms with Crippen LogP contribution in [0, 0.1) is 0 Å². The summed E-state index contributed by atoms with van der Waals surface area (Å²) in [7, 11) is 0. The third-order valence-electron chi connectivity index (χ3n) is 3.38. The van der Waals surface area contributed by atoms with Crippen molar-refractivity contribution in [3.8, 4) is 11.4 Å². The number of carbonyl (C=O) groups is 1. The maximum atomic E-state index is 12.1. The van der Waals surface area contributed by atoms with Crippen LogP contribution in [0.4, 0.5) is 0 Å². The second kappa shape index (κ2) is 7.90. The Kier molecular flexibility index (Phi) is 6.12. The second-order valence-corrected chi connectivity index (χ2v) is 7.69. The van der Waals surface area contributed by atoms with E-state index in [1.54, 1.807) is 0 Å². The van der Waals surface area contributed by atoms with Gasteiger partial charge in [0.2, 0.25) is 5.82 Å². The van der Waals surface area contributed by atoms with Gasteiger partial charge in [-0.25, -0.2) is 0 Å². The lowest BCUT2D eigenvalue weighted by atomic mass is 10.1. The predicted molar refractivity (Wildman–Crippen MR) is 95.4 cm³/mol. The van der Waals surface area contributed by atoms with Crippen molar-refractivity contribution in [3.05, 3.63) is 34.6 Å². The van der Waals surface area contributed by atoms with E-state index in [2.05, 4.69) is 31.4 Å². The molecule has 0 fully saturated rings. The third-order valence-corrected chi connectivity index (χ3v) is 3.87. The third kappa shape index (κ3) is 5.72. The van der Waals surface area contributed by atoms with Crippen molar-refractivity contribution < 1.29 is 14.2 Å². The number of amides is 1. The van der Waals surface area contributed by atoms with Crippen LogP contribution in [0.1, 0.15) is 33.6 Å². The number of aromatic nitrogens is 2. The first-order valence-corrected chi connectivity index (χ1v) is 8.79. The molecule has 0 saturated carbocycles. The number of benzene rings is 1. The number of hydrogen-bond donors (Lipinski definition) is 2. The predicted octanol–water partition coefficient (Wildman–Crippen LogP) is 1.82. The lowest BCUT2D eigenvalue weighted by Crippen LogP contribution is -3.11. The van der Waals surface area contributed by atoms with Gasteiger partial charge in [-0.2, -0.15) is 4.98 Å². The Balaban J connectivity index is 2.00. The van der Waals surface area contributed by atoms with E-state index >= 15 is 0 Å². The van der Waals surface area contributed by atoms with Gasteiger partial charge in [0.25, 0.3) is 11.8 Å². The van der Waals surface area contributed by atoms with E-state index in [1.807, 2.05) is 52.0 Å². The number of quaternary nitrogens is 1. The average molecular weight is 396 g/mol. The molecule has 24 heavy (non-hydrogen) atoms. The van der Waals surface area contributed by atoms with Crippen molar-refractivity contribution in [1.29, 1.82) is 0 Å². The summed E-state index contributed by atoms with van der Waals surface area (Å²) >= 11 is 3.43. The molecule has 0 aliphatic heterocycles. The summed E-state index contributed by atoms with van der Waals surface area (Å²) < 4.78 is 6.31. The lowest BCUT2D eigenvalue weighted by Gasteiger charge is -2.22. The van der Waals surface area contributed by atoms with Crippen LogP contribution in [0.5, 0.6) is 0 Å². The number of nitrogens with one attached hydrogen (secondary N) is 2. The Morgan fingerprint density at radius 1 is 1.38 bits per heavy atom. The zero-order valence-corrected chi connectivity index (χ0v) is 16.1.